The highest BCUT2D eigenvalue weighted by molar-refractivity contribution is 7.78. The van der Waals surface area contributed by atoms with E-state index in [-0.39, 0.29) is 0 Å². The molecule has 0 spiro atoms. The molecule has 0 aliphatic heterocycles. The van der Waals surface area contributed by atoms with Gasteiger partial charge in [-0.2, -0.15) is 4.99 Å². The summed E-state index contributed by atoms with van der Waals surface area (Å²) in [5.74, 6) is 0.913. The van der Waals surface area contributed by atoms with Gasteiger partial charge in [-0.05, 0) is 12.2 Å². The van der Waals surface area contributed by atoms with E-state index in [0.717, 1.165) is 0 Å². The predicted octanol–water partition coefficient (Wildman–Crippen LogP) is 1.22. The van der Waals surface area contributed by atoms with Gasteiger partial charge in [0.1, 0.15) is 6.33 Å². The lowest BCUT2D eigenvalue weighted by atomic mass is 10.6. The highest BCUT2D eigenvalue weighted by atomic mass is 32.1. The second-order valence-electron chi connectivity index (χ2n) is 1.62. The SMILES string of the molecule is COc1cc(N=C=S)ncn1. The summed E-state index contributed by atoms with van der Waals surface area (Å²) in [6.45, 7) is 0. The molecule has 5 heteroatoms. The van der Waals surface area contributed by atoms with Crippen LogP contribution >= 0.6 is 12.2 Å². The summed E-state index contributed by atoms with van der Waals surface area (Å²) >= 11 is 4.40. The number of nitrogens with zero attached hydrogens (tertiary/aromatic N) is 3. The summed E-state index contributed by atoms with van der Waals surface area (Å²) in [6.07, 6.45) is 1.35. The molecule has 1 heterocycles. The first-order valence-electron chi connectivity index (χ1n) is 2.80. The van der Waals surface area contributed by atoms with E-state index in [1.54, 1.807) is 6.07 Å². The van der Waals surface area contributed by atoms with E-state index in [2.05, 4.69) is 32.3 Å². The second-order valence-corrected chi connectivity index (χ2v) is 1.80. The normalized spacial score (nSPS) is 8.45. The molecule has 0 amide bonds. The van der Waals surface area contributed by atoms with E-state index in [4.69, 9.17) is 4.74 Å². The first-order chi connectivity index (χ1) is 5.36. The number of hydrogen-bond acceptors (Lipinski definition) is 5. The van der Waals surface area contributed by atoms with Crippen LogP contribution in [-0.2, 0) is 0 Å². The molecule has 0 bridgehead atoms. The highest BCUT2D eigenvalue weighted by Crippen LogP contribution is 2.11. The van der Waals surface area contributed by atoms with Gasteiger partial charge in [0.15, 0.2) is 5.82 Å². The Morgan fingerprint density at radius 1 is 1.64 bits per heavy atom. The first-order valence-corrected chi connectivity index (χ1v) is 3.21. The monoisotopic (exact) mass is 167 g/mol. The van der Waals surface area contributed by atoms with Crippen LogP contribution in [0.25, 0.3) is 0 Å². The molecule has 11 heavy (non-hydrogen) atoms. The van der Waals surface area contributed by atoms with Crippen LogP contribution in [0.2, 0.25) is 0 Å². The zero-order valence-electron chi connectivity index (χ0n) is 5.81. The summed E-state index contributed by atoms with van der Waals surface area (Å²) in [6, 6.07) is 1.57. The molecule has 0 unspecified atom stereocenters. The smallest absolute Gasteiger partial charge is 0.218 e. The fourth-order valence-electron chi connectivity index (χ4n) is 0.549. The van der Waals surface area contributed by atoms with Crippen LogP contribution in [0.3, 0.4) is 0 Å². The van der Waals surface area contributed by atoms with E-state index in [0.29, 0.717) is 11.7 Å². The van der Waals surface area contributed by atoms with Crippen LogP contribution in [0, 0.1) is 0 Å². The Morgan fingerprint density at radius 3 is 3.09 bits per heavy atom. The van der Waals surface area contributed by atoms with Crippen molar-refractivity contribution in [1.82, 2.24) is 9.97 Å². The number of aliphatic imine (C=N–C) groups is 1. The molecule has 0 aromatic carbocycles. The molecular weight excluding hydrogens is 162 g/mol. The molecule has 1 aromatic heterocycles. The third kappa shape index (κ3) is 2.07. The van der Waals surface area contributed by atoms with Gasteiger partial charge in [0.05, 0.1) is 12.3 Å². The maximum Gasteiger partial charge on any atom is 0.218 e. The van der Waals surface area contributed by atoms with Crippen LogP contribution in [0.4, 0.5) is 5.82 Å². The van der Waals surface area contributed by atoms with Gasteiger partial charge in [-0.15, -0.1) is 0 Å². The van der Waals surface area contributed by atoms with Gasteiger partial charge in [-0.1, -0.05) is 0 Å². The standard InChI is InChI=1S/C6H5N3OS/c1-10-6-2-5(9-4-11)7-3-8-6/h2-3H,1H3. The van der Waals surface area contributed by atoms with Crippen molar-refractivity contribution in [3.05, 3.63) is 12.4 Å². The van der Waals surface area contributed by atoms with E-state index in [1.807, 2.05) is 0 Å². The Labute approximate surface area is 69.0 Å². The quantitative estimate of drug-likeness (QED) is 0.490. The molecule has 1 rings (SSSR count). The molecule has 56 valence electrons. The summed E-state index contributed by atoms with van der Waals surface area (Å²) in [7, 11) is 1.52. The summed E-state index contributed by atoms with van der Waals surface area (Å²) in [5.41, 5.74) is 0. The number of isothiocyanates is 1. The Balaban J connectivity index is 3.00. The minimum atomic E-state index is 0.451. The number of thiocarbonyl (C=S) groups is 1. The average molecular weight is 167 g/mol. The fourth-order valence-corrected chi connectivity index (χ4v) is 0.643. The summed E-state index contributed by atoms with van der Waals surface area (Å²) < 4.78 is 4.83. The van der Waals surface area contributed by atoms with Gasteiger partial charge >= 0.3 is 0 Å². The van der Waals surface area contributed by atoms with Gasteiger partial charge in [0.25, 0.3) is 0 Å². The van der Waals surface area contributed by atoms with Crippen LogP contribution in [0.15, 0.2) is 17.4 Å². The van der Waals surface area contributed by atoms with Gasteiger partial charge in [0.2, 0.25) is 5.88 Å². The number of hydrogen-bond donors (Lipinski definition) is 0. The summed E-state index contributed by atoms with van der Waals surface area (Å²) in [4.78, 5) is 11.2. The molecule has 0 radical (unpaired) electrons. The topological polar surface area (TPSA) is 47.4 Å². The maximum atomic E-state index is 4.83. The zero-order valence-corrected chi connectivity index (χ0v) is 6.63. The molecule has 0 aliphatic rings. The van der Waals surface area contributed by atoms with Gasteiger partial charge in [0, 0.05) is 6.07 Å². The van der Waals surface area contributed by atoms with Gasteiger partial charge < -0.3 is 4.74 Å². The lowest BCUT2D eigenvalue weighted by molar-refractivity contribution is 0.397. The molecule has 0 saturated carbocycles. The maximum absolute atomic E-state index is 4.83. The van der Waals surface area contributed by atoms with E-state index < -0.39 is 0 Å². The minimum Gasteiger partial charge on any atom is -0.481 e. The molecule has 1 aromatic rings. The number of aromatic nitrogens is 2. The highest BCUT2D eigenvalue weighted by Gasteiger charge is 1.93. The molecule has 0 N–H and O–H groups in total. The number of ether oxygens (including phenoxy) is 1. The fraction of sp³-hybridized carbons (Fsp3) is 0.167. The molecule has 0 aliphatic carbocycles. The number of rotatable bonds is 2. The second kappa shape index (κ2) is 3.75. The lowest BCUT2D eigenvalue weighted by Crippen LogP contribution is -1.86. The Bertz CT molecular complexity index is 296. The number of methoxy groups -OCH3 is 1. The van der Waals surface area contributed by atoms with Crippen molar-refractivity contribution in [3.63, 3.8) is 0 Å². The Hall–Kier alpha value is -1.32. The predicted molar refractivity (Wildman–Crippen MR) is 43.3 cm³/mol. The molecule has 0 atom stereocenters. The third-order valence-electron chi connectivity index (χ3n) is 0.997. The zero-order chi connectivity index (χ0) is 8.10. The van der Waals surface area contributed by atoms with Crippen LogP contribution in [0.5, 0.6) is 5.88 Å². The van der Waals surface area contributed by atoms with E-state index in [1.165, 1.54) is 13.4 Å². The molecule has 0 saturated heterocycles. The van der Waals surface area contributed by atoms with Gasteiger partial charge in [-0.25, -0.2) is 9.97 Å². The van der Waals surface area contributed by atoms with Crippen molar-refractivity contribution < 1.29 is 4.74 Å². The van der Waals surface area contributed by atoms with Crippen LogP contribution < -0.4 is 4.74 Å². The van der Waals surface area contributed by atoms with E-state index in [9.17, 15) is 0 Å². The molecular formula is C6H5N3OS. The van der Waals surface area contributed by atoms with Crippen molar-refractivity contribution >= 4 is 23.2 Å². The average Bonchev–Trinajstić information content (AvgIpc) is 2.06. The van der Waals surface area contributed by atoms with Crippen molar-refractivity contribution in [1.29, 1.82) is 0 Å². The Kier molecular flexibility index (Phi) is 2.66. The van der Waals surface area contributed by atoms with Crippen molar-refractivity contribution in [2.45, 2.75) is 0 Å². The third-order valence-corrected chi connectivity index (χ3v) is 1.09. The van der Waals surface area contributed by atoms with Crippen molar-refractivity contribution in [2.75, 3.05) is 7.11 Å². The van der Waals surface area contributed by atoms with Gasteiger partial charge in [-0.3, -0.25) is 0 Å². The van der Waals surface area contributed by atoms with E-state index >= 15 is 0 Å². The van der Waals surface area contributed by atoms with Crippen LogP contribution in [0.1, 0.15) is 0 Å². The molecule has 0 fully saturated rings. The van der Waals surface area contributed by atoms with Crippen LogP contribution in [-0.4, -0.2) is 22.2 Å². The van der Waals surface area contributed by atoms with Crippen molar-refractivity contribution in [2.24, 2.45) is 4.99 Å². The first kappa shape index (κ1) is 7.78. The minimum absolute atomic E-state index is 0.451. The van der Waals surface area contributed by atoms with Crippen molar-refractivity contribution in [3.8, 4) is 5.88 Å². The largest absolute Gasteiger partial charge is 0.481 e. The molecule has 4 nitrogen and oxygen atoms in total. The Morgan fingerprint density at radius 2 is 2.45 bits per heavy atom. The summed E-state index contributed by atoms with van der Waals surface area (Å²) in [5, 5.41) is 2.20. The lowest BCUT2D eigenvalue weighted by Gasteiger charge is -1.95.